The number of likely N-dealkylation sites (N-methyl/N-ethyl adjacent to an activating group) is 1. The molecular weight excluding hydrogens is 881 g/mol. The van der Waals surface area contributed by atoms with Gasteiger partial charge in [0, 0.05) is 38.2 Å². The fraction of sp³-hybridized carbons (Fsp3) is 0.652. The lowest BCUT2D eigenvalue weighted by Crippen LogP contribution is -2.38. The summed E-state index contributed by atoms with van der Waals surface area (Å²) in [5.74, 6) is -4.05. The van der Waals surface area contributed by atoms with Gasteiger partial charge in [0.25, 0.3) is 19.2 Å². The lowest BCUT2D eigenvalue weighted by molar-refractivity contribution is -0.870. The number of nitrogens with zero attached hydrogens (tertiary/aromatic N) is 3. The number of ketones is 2. The summed E-state index contributed by atoms with van der Waals surface area (Å²) in [7, 11) is 0.654. The summed E-state index contributed by atoms with van der Waals surface area (Å²) >= 11 is 0. The number of para-hydroxylation sites is 2. The fourth-order valence-corrected chi connectivity index (χ4v) is 7.24. The second-order valence-electron chi connectivity index (χ2n) is 17.1. The van der Waals surface area contributed by atoms with Gasteiger partial charge in [0.05, 0.1) is 61.9 Å². The molecule has 0 aliphatic rings. The average Bonchev–Trinajstić information content (AvgIpc) is 3.27. The van der Waals surface area contributed by atoms with Gasteiger partial charge in [-0.15, -0.1) is 0 Å². The summed E-state index contributed by atoms with van der Waals surface area (Å²) in [5, 5.41) is 22.3. The zero-order valence-electron chi connectivity index (χ0n) is 38.9. The van der Waals surface area contributed by atoms with Crippen molar-refractivity contribution in [2.24, 2.45) is 0 Å². The van der Waals surface area contributed by atoms with Crippen LogP contribution in [0, 0.1) is 20.2 Å². The highest BCUT2D eigenvalue weighted by Crippen LogP contribution is 2.38. The first kappa shape index (κ1) is 57.6. The van der Waals surface area contributed by atoms with Crippen molar-refractivity contribution in [1.82, 2.24) is 0 Å². The lowest BCUT2D eigenvalue weighted by atomic mass is 10.1. The number of esters is 2. The monoisotopic (exact) mass is 951 g/mol. The number of nitro benzene ring substituents is 2. The number of unbranched alkanes of at least 4 members (excludes halogenated alkanes) is 14. The van der Waals surface area contributed by atoms with Gasteiger partial charge in [0.15, 0.2) is 6.10 Å². The first-order valence-electron chi connectivity index (χ1n) is 22.9. The lowest BCUT2D eigenvalue weighted by Gasteiger charge is -2.28. The Morgan fingerprint density at radius 1 is 0.576 bits per heavy atom. The minimum atomic E-state index is -4.87. The molecular formula is C46H70N3O16P. The largest absolute Gasteiger partial charge is 0.756 e. The quantitative estimate of drug-likeness (QED) is 0.0116. The van der Waals surface area contributed by atoms with Crippen LogP contribution in [0.25, 0.3) is 0 Å². The number of carbonyl (C=O) groups excluding carboxylic acids is 4. The van der Waals surface area contributed by atoms with E-state index in [9.17, 15) is 48.9 Å². The van der Waals surface area contributed by atoms with Crippen LogP contribution in [0.5, 0.6) is 0 Å². The van der Waals surface area contributed by atoms with Crippen molar-refractivity contribution in [3.8, 4) is 0 Å². The Balaban J connectivity index is 1.64. The van der Waals surface area contributed by atoms with Gasteiger partial charge in [-0.25, -0.2) is 9.59 Å². The summed E-state index contributed by atoms with van der Waals surface area (Å²) in [6, 6.07) is 13.0. The van der Waals surface area contributed by atoms with E-state index in [-0.39, 0.29) is 44.0 Å². The van der Waals surface area contributed by atoms with Crippen molar-refractivity contribution >= 4 is 42.7 Å². The molecule has 0 aliphatic heterocycles. The second-order valence-corrected chi connectivity index (χ2v) is 18.5. The number of hydrogen-bond donors (Lipinski definition) is 0. The van der Waals surface area contributed by atoms with Crippen LogP contribution in [0.3, 0.4) is 0 Å². The van der Waals surface area contributed by atoms with Crippen molar-refractivity contribution in [2.45, 2.75) is 135 Å². The fourth-order valence-electron chi connectivity index (χ4n) is 6.51. The molecule has 0 fully saturated rings. The third-order valence-corrected chi connectivity index (χ3v) is 11.3. The maximum Gasteiger partial charge on any atom is 0.375 e. The number of phosphoric acid groups is 1. The molecule has 19 nitrogen and oxygen atoms in total. The molecule has 0 amide bonds. The predicted octanol–water partition coefficient (Wildman–Crippen LogP) is 8.06. The van der Waals surface area contributed by atoms with Crippen LogP contribution in [-0.2, 0) is 65.0 Å². The van der Waals surface area contributed by atoms with Crippen LogP contribution in [0.2, 0.25) is 0 Å². The van der Waals surface area contributed by atoms with Crippen LogP contribution in [0.4, 0.5) is 11.4 Å². The highest BCUT2D eigenvalue weighted by molar-refractivity contribution is 7.45. The van der Waals surface area contributed by atoms with E-state index in [1.54, 1.807) is 36.4 Å². The molecule has 0 N–H and O–H groups in total. The summed E-state index contributed by atoms with van der Waals surface area (Å²) in [4.78, 5) is 84.2. The third kappa shape index (κ3) is 27.2. The van der Waals surface area contributed by atoms with Gasteiger partial charge in [-0.3, -0.25) is 34.4 Å². The van der Waals surface area contributed by atoms with Gasteiger partial charge in [-0.1, -0.05) is 101 Å². The number of Topliss-reactive ketones (excluding diaryl/α,β-unsaturated/α-hetero) is 2. The van der Waals surface area contributed by atoms with Crippen molar-refractivity contribution in [1.29, 1.82) is 0 Å². The molecule has 2 atom stereocenters. The number of quaternary nitrogens is 1. The molecule has 20 heteroatoms. The minimum absolute atomic E-state index is 0.0429. The minimum Gasteiger partial charge on any atom is -0.756 e. The maximum absolute atomic E-state index is 12.7. The number of carbonyl (C=O) groups is 4. The first-order chi connectivity index (χ1) is 31.5. The van der Waals surface area contributed by atoms with Crippen LogP contribution in [-0.4, -0.2) is 105 Å². The topological polar surface area (TPSA) is 250 Å². The Hall–Kier alpha value is -4.49. The van der Waals surface area contributed by atoms with Crippen molar-refractivity contribution < 1.29 is 71.0 Å². The number of hydrogen-bond acceptors (Lipinski definition) is 16. The molecule has 0 radical (unpaired) electrons. The van der Waals surface area contributed by atoms with Crippen LogP contribution < -0.4 is 4.89 Å². The smallest absolute Gasteiger partial charge is 0.375 e. The van der Waals surface area contributed by atoms with Crippen molar-refractivity contribution in [2.75, 3.05) is 60.7 Å². The molecule has 2 rings (SSSR count). The Morgan fingerprint density at radius 2 is 0.985 bits per heavy atom. The molecule has 0 heterocycles. The van der Waals surface area contributed by atoms with Crippen molar-refractivity contribution in [3.05, 3.63) is 79.9 Å². The highest BCUT2D eigenvalue weighted by Gasteiger charge is 2.26. The Kier molecular flexibility index (Phi) is 28.9. The van der Waals surface area contributed by atoms with E-state index in [0.29, 0.717) is 61.1 Å². The predicted molar refractivity (Wildman–Crippen MR) is 242 cm³/mol. The van der Waals surface area contributed by atoms with Gasteiger partial charge in [0.2, 0.25) is 11.6 Å². The van der Waals surface area contributed by atoms with E-state index in [1.165, 1.54) is 12.1 Å². The number of nitro groups is 2. The number of rotatable bonds is 40. The molecule has 1 unspecified atom stereocenters. The summed E-state index contributed by atoms with van der Waals surface area (Å²) in [6.45, 7) is 0.00265. The second kappa shape index (κ2) is 33.1. The van der Waals surface area contributed by atoms with Gasteiger partial charge in [-0.2, -0.15) is 0 Å². The summed E-state index contributed by atoms with van der Waals surface area (Å²) in [6.07, 6.45) is 11.7. The average molecular weight is 952 g/mol. The van der Waals surface area contributed by atoms with Crippen LogP contribution in [0.15, 0.2) is 48.5 Å². The molecule has 0 bridgehead atoms. The Labute approximate surface area is 388 Å². The van der Waals surface area contributed by atoms with E-state index >= 15 is 0 Å². The summed E-state index contributed by atoms with van der Waals surface area (Å²) < 4.78 is 44.1. The molecule has 0 aromatic heterocycles. The molecule has 66 heavy (non-hydrogen) atoms. The zero-order valence-corrected chi connectivity index (χ0v) is 39.8. The van der Waals surface area contributed by atoms with Gasteiger partial charge in [0.1, 0.15) is 19.8 Å². The van der Waals surface area contributed by atoms with Gasteiger partial charge in [-0.05, 0) is 37.8 Å². The van der Waals surface area contributed by atoms with Crippen LogP contribution in [0.1, 0.15) is 127 Å². The first-order valence-corrected chi connectivity index (χ1v) is 24.4. The van der Waals surface area contributed by atoms with Gasteiger partial charge >= 0.3 is 11.9 Å². The third-order valence-electron chi connectivity index (χ3n) is 10.3. The summed E-state index contributed by atoms with van der Waals surface area (Å²) in [5.41, 5.74) is 1.17. The zero-order chi connectivity index (χ0) is 48.6. The highest BCUT2D eigenvalue weighted by atomic mass is 31.2. The van der Waals surface area contributed by atoms with E-state index in [2.05, 4.69) is 0 Å². The SMILES string of the molecule is C[N+](C)(C)CCOP(=O)([O-])OC[C@@H](COC(=O)C(=O)CCCCCCCCCCOCc1ccccc1[N+](=O)[O-])OC(=O)C(=O)CCCCCCCCCCOCc1ccccc1[N+](=O)[O-]. The molecule has 0 aliphatic carbocycles. The van der Waals surface area contributed by atoms with E-state index in [4.69, 9.17) is 28.0 Å². The van der Waals surface area contributed by atoms with Gasteiger partial charge < -0.3 is 37.4 Å². The van der Waals surface area contributed by atoms with E-state index in [0.717, 1.165) is 77.0 Å². The molecule has 2 aromatic carbocycles. The number of ether oxygens (including phenoxy) is 4. The molecule has 0 saturated carbocycles. The molecule has 0 spiro atoms. The Morgan fingerprint density at radius 3 is 1.42 bits per heavy atom. The normalized spacial score (nSPS) is 12.8. The molecule has 0 saturated heterocycles. The van der Waals surface area contributed by atoms with E-state index in [1.807, 2.05) is 21.1 Å². The van der Waals surface area contributed by atoms with E-state index < -0.39 is 60.5 Å². The number of benzene rings is 2. The standard InChI is InChI=1S/C46H70N3O16P/c1-49(2,3)30-33-63-66(58,59)64-37-40(65-46(53)44(51)29-17-13-9-5-7-11-15-23-32-61-35-39-25-19-21-27-42(39)48(56)57)36-62-45(52)43(50)28-16-12-8-4-6-10-14-22-31-60-34-38-24-18-20-26-41(38)47(54)55/h18-21,24-27,40H,4-17,22-23,28-37H2,1-3H3/t40-/m1/s1. The Bertz CT molecular complexity index is 1840. The molecule has 2 aromatic rings. The number of phosphoric ester groups is 1. The van der Waals surface area contributed by atoms with Crippen molar-refractivity contribution in [3.63, 3.8) is 0 Å². The van der Waals surface area contributed by atoms with Crippen LogP contribution >= 0.6 is 7.82 Å². The molecule has 370 valence electrons. The maximum atomic E-state index is 12.7.